The van der Waals surface area contributed by atoms with Gasteiger partial charge in [0.25, 0.3) is 0 Å². The SMILES string of the molecule is [CH3][Ge]([CH3])([Br])[CH2]CCCC[CH2][Ge]([CH3])([CH3])[Br]. The number of hydrogen-bond acceptors (Lipinski definition) is 0. The van der Waals surface area contributed by atoms with Gasteiger partial charge in [-0.05, 0) is 0 Å². The standard InChI is InChI=1S/C10H24Br2Ge2/c1-13(2,11)9-7-5-6-8-10-14(3,4)12/h5-10H2,1-4H3. The van der Waals surface area contributed by atoms with Crippen LogP contribution in [0.5, 0.6) is 0 Å². The molecule has 0 aliphatic carbocycles. The van der Waals surface area contributed by atoms with Crippen molar-refractivity contribution in [1.29, 1.82) is 0 Å². The zero-order chi connectivity index (χ0) is 11.2. The molecule has 0 heterocycles. The Labute approximate surface area is 109 Å². The quantitative estimate of drug-likeness (QED) is 0.343. The van der Waals surface area contributed by atoms with Crippen LogP contribution in [0.15, 0.2) is 0 Å². The minimum absolute atomic E-state index is 1.39. The van der Waals surface area contributed by atoms with Crippen molar-refractivity contribution in [3.63, 3.8) is 0 Å². The van der Waals surface area contributed by atoms with Crippen LogP contribution in [0.2, 0.25) is 33.5 Å². The molecule has 86 valence electrons. The normalized spacial score (nSPS) is 13.3. The van der Waals surface area contributed by atoms with Crippen LogP contribution in [-0.4, -0.2) is 22.8 Å². The average Bonchev–Trinajstić information content (AvgIpc) is 1.92. The van der Waals surface area contributed by atoms with Gasteiger partial charge in [-0.2, -0.15) is 0 Å². The van der Waals surface area contributed by atoms with Gasteiger partial charge in [-0.25, -0.2) is 0 Å². The van der Waals surface area contributed by atoms with Gasteiger partial charge in [-0.1, -0.05) is 0 Å². The Hall–Kier alpha value is 2.05. The van der Waals surface area contributed by atoms with E-state index in [9.17, 15) is 0 Å². The Morgan fingerprint density at radius 3 is 1.14 bits per heavy atom. The zero-order valence-electron chi connectivity index (χ0n) is 10.00. The summed E-state index contributed by atoms with van der Waals surface area (Å²) < 4.78 is 0. The fourth-order valence-electron chi connectivity index (χ4n) is 1.44. The first kappa shape index (κ1) is 16.0. The zero-order valence-corrected chi connectivity index (χ0v) is 17.4. The van der Waals surface area contributed by atoms with E-state index in [-0.39, 0.29) is 0 Å². The monoisotopic (exact) mass is 450 g/mol. The molecule has 14 heavy (non-hydrogen) atoms. The average molecular weight is 449 g/mol. The maximum atomic E-state index is 3.87. The molecule has 0 atom stereocenters. The molecule has 0 aromatic rings. The summed E-state index contributed by atoms with van der Waals surface area (Å²) in [6.07, 6.45) is 5.80. The van der Waals surface area contributed by atoms with E-state index in [0.29, 0.717) is 0 Å². The summed E-state index contributed by atoms with van der Waals surface area (Å²) in [6.45, 7) is 0. The molecule has 0 nitrogen and oxygen atoms in total. The van der Waals surface area contributed by atoms with Gasteiger partial charge < -0.3 is 0 Å². The predicted octanol–water partition coefficient (Wildman–Crippen LogP) is 5.75. The first-order chi connectivity index (χ1) is 6.21. The van der Waals surface area contributed by atoms with Gasteiger partial charge in [-0.15, -0.1) is 0 Å². The molecule has 0 N–H and O–H groups in total. The van der Waals surface area contributed by atoms with E-state index < -0.39 is 22.8 Å². The number of hydrogen-bond donors (Lipinski definition) is 0. The number of halogens is 2. The molecule has 0 amide bonds. The molecule has 0 bridgehead atoms. The molecule has 0 unspecified atom stereocenters. The van der Waals surface area contributed by atoms with Gasteiger partial charge in [0, 0.05) is 0 Å². The van der Waals surface area contributed by atoms with Crippen LogP contribution >= 0.6 is 28.0 Å². The van der Waals surface area contributed by atoms with Crippen molar-refractivity contribution in [2.24, 2.45) is 0 Å². The van der Waals surface area contributed by atoms with Gasteiger partial charge in [0.1, 0.15) is 0 Å². The third-order valence-corrected chi connectivity index (χ3v) is 12.9. The second kappa shape index (κ2) is 7.39. The molecule has 0 rings (SSSR count). The van der Waals surface area contributed by atoms with E-state index in [1.807, 2.05) is 0 Å². The third-order valence-electron chi connectivity index (χ3n) is 2.29. The van der Waals surface area contributed by atoms with Crippen LogP contribution in [0.1, 0.15) is 25.7 Å². The van der Waals surface area contributed by atoms with Gasteiger partial charge in [0.05, 0.1) is 0 Å². The van der Waals surface area contributed by atoms with Crippen LogP contribution in [-0.2, 0) is 0 Å². The molecule has 0 radical (unpaired) electrons. The summed E-state index contributed by atoms with van der Waals surface area (Å²) in [5.41, 5.74) is 0. The molecule has 0 saturated carbocycles. The predicted molar refractivity (Wildman–Crippen MR) is 80.9 cm³/mol. The van der Waals surface area contributed by atoms with Gasteiger partial charge in [0.15, 0.2) is 0 Å². The maximum absolute atomic E-state index is 3.87. The van der Waals surface area contributed by atoms with Gasteiger partial charge in [-0.3, -0.25) is 0 Å². The number of rotatable bonds is 7. The molecule has 0 aliphatic heterocycles. The van der Waals surface area contributed by atoms with Crippen LogP contribution in [0.25, 0.3) is 0 Å². The fraction of sp³-hybridized carbons (Fsp3) is 1.00. The first-order valence-corrected chi connectivity index (χ1v) is 26.8. The van der Waals surface area contributed by atoms with E-state index >= 15 is 0 Å². The molecule has 0 aromatic carbocycles. The van der Waals surface area contributed by atoms with E-state index in [4.69, 9.17) is 0 Å². The molecule has 0 spiro atoms. The van der Waals surface area contributed by atoms with Crippen molar-refractivity contribution >= 4 is 50.9 Å². The first-order valence-electron chi connectivity index (χ1n) is 5.59. The molecular formula is C10H24Br2Ge2. The molecular weight excluding hydrogens is 425 g/mol. The van der Waals surface area contributed by atoms with Crippen molar-refractivity contribution in [3.8, 4) is 0 Å². The van der Waals surface area contributed by atoms with Crippen molar-refractivity contribution in [1.82, 2.24) is 0 Å². The second-order valence-corrected chi connectivity index (χ2v) is 44.2. The minimum atomic E-state index is -1.39. The summed E-state index contributed by atoms with van der Waals surface area (Å²) in [4.78, 5) is 0. The number of unbranched alkanes of at least 4 members (excludes halogenated alkanes) is 3. The van der Waals surface area contributed by atoms with E-state index in [1.165, 1.54) is 36.2 Å². The third kappa shape index (κ3) is 14.0. The van der Waals surface area contributed by atoms with Crippen molar-refractivity contribution in [2.75, 3.05) is 0 Å². The Morgan fingerprint density at radius 2 is 0.929 bits per heavy atom. The molecule has 0 aliphatic rings. The molecule has 0 fully saturated rings. The van der Waals surface area contributed by atoms with E-state index in [2.05, 4.69) is 51.0 Å². The van der Waals surface area contributed by atoms with E-state index in [0.717, 1.165) is 0 Å². The van der Waals surface area contributed by atoms with Gasteiger partial charge >= 0.3 is 110 Å². The molecule has 4 heteroatoms. The Balaban J connectivity index is 3.23. The fourth-order valence-corrected chi connectivity index (χ4v) is 8.93. The van der Waals surface area contributed by atoms with Crippen LogP contribution in [0.4, 0.5) is 0 Å². The molecule has 0 saturated heterocycles. The Morgan fingerprint density at radius 1 is 0.643 bits per heavy atom. The summed E-state index contributed by atoms with van der Waals surface area (Å²) in [5.74, 6) is 9.77. The van der Waals surface area contributed by atoms with Crippen molar-refractivity contribution in [2.45, 2.75) is 59.2 Å². The summed E-state index contributed by atoms with van der Waals surface area (Å²) in [7, 11) is 0. The van der Waals surface area contributed by atoms with E-state index in [1.54, 1.807) is 0 Å². The Kier molecular flexibility index (Phi) is 8.47. The van der Waals surface area contributed by atoms with Crippen LogP contribution in [0.3, 0.4) is 0 Å². The van der Waals surface area contributed by atoms with Crippen LogP contribution < -0.4 is 0 Å². The second-order valence-electron chi connectivity index (χ2n) is 5.35. The Bertz CT molecular complexity index is 129. The topological polar surface area (TPSA) is 0 Å². The summed E-state index contributed by atoms with van der Waals surface area (Å²) >= 11 is 4.96. The summed E-state index contributed by atoms with van der Waals surface area (Å²) in [5, 5.41) is 2.97. The van der Waals surface area contributed by atoms with Crippen molar-refractivity contribution in [3.05, 3.63) is 0 Å². The van der Waals surface area contributed by atoms with Crippen molar-refractivity contribution < 1.29 is 0 Å². The summed E-state index contributed by atoms with van der Waals surface area (Å²) in [6, 6.07) is 0. The molecule has 0 aromatic heterocycles. The van der Waals surface area contributed by atoms with Crippen LogP contribution in [0, 0.1) is 0 Å². The van der Waals surface area contributed by atoms with Gasteiger partial charge in [0.2, 0.25) is 0 Å².